The Balaban J connectivity index is 1.92. The molecule has 0 unspecified atom stereocenters. The third-order valence-corrected chi connectivity index (χ3v) is 3.74. The molecule has 4 heteroatoms. The Morgan fingerprint density at radius 3 is 2.67 bits per heavy atom. The summed E-state index contributed by atoms with van der Waals surface area (Å²) in [6, 6.07) is 12.4. The highest BCUT2D eigenvalue weighted by atomic mass is 32.1. The number of aryl methyl sites for hydroxylation is 1. The summed E-state index contributed by atoms with van der Waals surface area (Å²) in [5.74, 6) is 1.58. The normalized spacial score (nSPS) is 10.7. The van der Waals surface area contributed by atoms with Gasteiger partial charge in [-0.1, -0.05) is 37.3 Å². The first kappa shape index (κ1) is 11.2. The van der Waals surface area contributed by atoms with Gasteiger partial charge in [-0.3, -0.25) is 5.10 Å². The maximum absolute atomic E-state index is 4.52. The van der Waals surface area contributed by atoms with Gasteiger partial charge < -0.3 is 0 Å². The van der Waals surface area contributed by atoms with Crippen molar-refractivity contribution in [3.63, 3.8) is 0 Å². The monoisotopic (exact) mass is 255 g/mol. The van der Waals surface area contributed by atoms with E-state index in [9.17, 15) is 0 Å². The van der Waals surface area contributed by atoms with Crippen molar-refractivity contribution in [2.45, 2.75) is 13.3 Å². The van der Waals surface area contributed by atoms with E-state index in [-0.39, 0.29) is 0 Å². The van der Waals surface area contributed by atoms with E-state index in [2.05, 4.69) is 46.4 Å². The molecule has 0 aliphatic carbocycles. The molecule has 3 nitrogen and oxygen atoms in total. The van der Waals surface area contributed by atoms with Gasteiger partial charge in [0.2, 0.25) is 0 Å². The van der Waals surface area contributed by atoms with E-state index in [0.717, 1.165) is 28.5 Å². The van der Waals surface area contributed by atoms with Crippen molar-refractivity contribution in [1.82, 2.24) is 15.2 Å². The molecule has 0 saturated carbocycles. The van der Waals surface area contributed by atoms with Gasteiger partial charge in [0, 0.05) is 5.56 Å². The van der Waals surface area contributed by atoms with Gasteiger partial charge >= 0.3 is 0 Å². The zero-order valence-corrected chi connectivity index (χ0v) is 10.9. The third kappa shape index (κ3) is 2.07. The minimum Gasteiger partial charge on any atom is -0.258 e. The zero-order chi connectivity index (χ0) is 12.4. The molecule has 0 aliphatic rings. The highest BCUT2D eigenvalue weighted by Gasteiger charge is 2.07. The lowest BCUT2D eigenvalue weighted by Crippen LogP contribution is -1.83. The van der Waals surface area contributed by atoms with E-state index in [0.29, 0.717) is 0 Å². The Kier molecular flexibility index (Phi) is 2.94. The van der Waals surface area contributed by atoms with E-state index >= 15 is 0 Å². The molecule has 1 aromatic carbocycles. The maximum atomic E-state index is 4.52. The Morgan fingerprint density at radius 1 is 1.17 bits per heavy atom. The molecule has 0 spiro atoms. The molecule has 3 aromatic rings. The summed E-state index contributed by atoms with van der Waals surface area (Å²) >= 11 is 1.66. The van der Waals surface area contributed by atoms with Crippen LogP contribution in [0, 0.1) is 0 Å². The van der Waals surface area contributed by atoms with Gasteiger partial charge in [0.1, 0.15) is 0 Å². The molecule has 18 heavy (non-hydrogen) atoms. The summed E-state index contributed by atoms with van der Waals surface area (Å²) in [4.78, 5) is 5.63. The molecule has 0 aliphatic heterocycles. The molecule has 2 aromatic heterocycles. The lowest BCUT2D eigenvalue weighted by molar-refractivity contribution is 1.10. The number of nitrogens with zero attached hydrogens (tertiary/aromatic N) is 2. The molecule has 0 radical (unpaired) electrons. The van der Waals surface area contributed by atoms with Crippen molar-refractivity contribution >= 4 is 11.3 Å². The summed E-state index contributed by atoms with van der Waals surface area (Å²) in [6.07, 6.45) is 1.05. The Hall–Kier alpha value is -1.94. The van der Waals surface area contributed by atoms with Crippen LogP contribution in [0.2, 0.25) is 0 Å². The van der Waals surface area contributed by atoms with Crippen molar-refractivity contribution in [3.05, 3.63) is 47.3 Å². The number of thiophene rings is 1. The topological polar surface area (TPSA) is 41.6 Å². The minimum absolute atomic E-state index is 0.751. The average Bonchev–Trinajstić information content (AvgIpc) is 3.09. The van der Waals surface area contributed by atoms with E-state index in [1.165, 1.54) is 5.56 Å². The average molecular weight is 255 g/mol. The second kappa shape index (κ2) is 4.74. The highest BCUT2D eigenvalue weighted by molar-refractivity contribution is 7.13. The number of rotatable bonds is 3. The number of H-pyrrole nitrogens is 1. The smallest absolute Gasteiger partial charge is 0.181 e. The molecule has 0 fully saturated rings. The zero-order valence-electron chi connectivity index (χ0n) is 10.1. The van der Waals surface area contributed by atoms with E-state index in [4.69, 9.17) is 0 Å². The fraction of sp³-hybridized carbons (Fsp3) is 0.143. The van der Waals surface area contributed by atoms with Crippen molar-refractivity contribution in [2.24, 2.45) is 0 Å². The summed E-state index contributed by atoms with van der Waals surface area (Å²) < 4.78 is 0. The van der Waals surface area contributed by atoms with Gasteiger partial charge in [0.25, 0.3) is 0 Å². The second-order valence-corrected chi connectivity index (χ2v) is 4.98. The molecule has 0 amide bonds. The lowest BCUT2D eigenvalue weighted by Gasteiger charge is -1.97. The van der Waals surface area contributed by atoms with E-state index < -0.39 is 0 Å². The van der Waals surface area contributed by atoms with Crippen molar-refractivity contribution in [3.8, 4) is 22.1 Å². The highest BCUT2D eigenvalue weighted by Crippen LogP contribution is 2.23. The first-order chi connectivity index (χ1) is 8.86. The van der Waals surface area contributed by atoms with Gasteiger partial charge in [-0.2, -0.15) is 5.10 Å². The fourth-order valence-electron chi connectivity index (χ4n) is 1.80. The first-order valence-electron chi connectivity index (χ1n) is 5.92. The number of hydrogen-bond acceptors (Lipinski definition) is 3. The molecule has 0 atom stereocenters. The van der Waals surface area contributed by atoms with Crippen LogP contribution >= 0.6 is 11.3 Å². The van der Waals surface area contributed by atoms with Gasteiger partial charge in [-0.05, 0) is 23.4 Å². The van der Waals surface area contributed by atoms with Crippen LogP contribution in [0.3, 0.4) is 0 Å². The van der Waals surface area contributed by atoms with Crippen LogP contribution in [-0.4, -0.2) is 15.2 Å². The summed E-state index contributed by atoms with van der Waals surface area (Å²) in [6.45, 7) is 2.15. The predicted molar refractivity (Wildman–Crippen MR) is 74.5 cm³/mol. The molecular weight excluding hydrogens is 242 g/mol. The fourth-order valence-corrected chi connectivity index (χ4v) is 2.47. The quantitative estimate of drug-likeness (QED) is 0.774. The van der Waals surface area contributed by atoms with Crippen LogP contribution in [0.25, 0.3) is 22.1 Å². The number of nitrogens with one attached hydrogen (secondary N) is 1. The van der Waals surface area contributed by atoms with Gasteiger partial charge in [0.05, 0.1) is 4.88 Å². The maximum Gasteiger partial charge on any atom is 0.181 e. The van der Waals surface area contributed by atoms with E-state index in [1.807, 2.05) is 17.5 Å². The Bertz CT molecular complexity index is 623. The summed E-state index contributed by atoms with van der Waals surface area (Å²) in [7, 11) is 0. The number of hydrogen-bond donors (Lipinski definition) is 1. The summed E-state index contributed by atoms with van der Waals surface area (Å²) in [5.41, 5.74) is 2.37. The van der Waals surface area contributed by atoms with Crippen LogP contribution < -0.4 is 0 Å². The Morgan fingerprint density at radius 2 is 2.00 bits per heavy atom. The van der Waals surface area contributed by atoms with Crippen LogP contribution in [-0.2, 0) is 6.42 Å². The van der Waals surface area contributed by atoms with E-state index in [1.54, 1.807) is 11.3 Å². The molecule has 1 N–H and O–H groups in total. The largest absolute Gasteiger partial charge is 0.258 e. The molecule has 0 saturated heterocycles. The van der Waals surface area contributed by atoms with Crippen LogP contribution in [0.15, 0.2) is 41.8 Å². The molecule has 2 heterocycles. The van der Waals surface area contributed by atoms with Crippen LogP contribution in [0.1, 0.15) is 12.5 Å². The number of aromatic nitrogens is 3. The van der Waals surface area contributed by atoms with Crippen LogP contribution in [0.5, 0.6) is 0 Å². The predicted octanol–water partition coefficient (Wildman–Crippen LogP) is 3.76. The molecular formula is C14H13N3S. The first-order valence-corrected chi connectivity index (χ1v) is 6.80. The van der Waals surface area contributed by atoms with Crippen molar-refractivity contribution in [1.29, 1.82) is 0 Å². The standard InChI is InChI=1S/C14H13N3S/c1-2-10-5-7-11(8-6-10)13-15-14(17-16-13)12-4-3-9-18-12/h3-9H,2H2,1H3,(H,15,16,17). The van der Waals surface area contributed by atoms with Gasteiger partial charge in [-0.25, -0.2) is 4.98 Å². The SMILES string of the molecule is CCc1ccc(-c2n[nH]c(-c3cccs3)n2)cc1. The van der Waals surface area contributed by atoms with Crippen LogP contribution in [0.4, 0.5) is 0 Å². The van der Waals surface area contributed by atoms with Gasteiger partial charge in [-0.15, -0.1) is 11.3 Å². The molecule has 0 bridgehead atoms. The molecule has 90 valence electrons. The number of aromatic amines is 1. The minimum atomic E-state index is 0.751. The summed E-state index contributed by atoms with van der Waals surface area (Å²) in [5, 5.41) is 9.29. The Labute approximate surface area is 110 Å². The van der Waals surface area contributed by atoms with Crippen molar-refractivity contribution in [2.75, 3.05) is 0 Å². The van der Waals surface area contributed by atoms with Crippen molar-refractivity contribution < 1.29 is 0 Å². The van der Waals surface area contributed by atoms with Gasteiger partial charge in [0.15, 0.2) is 11.6 Å². The third-order valence-electron chi connectivity index (χ3n) is 2.86. The number of benzene rings is 1. The molecule has 3 rings (SSSR count). The lowest BCUT2D eigenvalue weighted by atomic mass is 10.1. The second-order valence-electron chi connectivity index (χ2n) is 4.04.